The minimum atomic E-state index is -0.710. The van der Waals surface area contributed by atoms with Crippen molar-refractivity contribution in [1.82, 2.24) is 0 Å². The molecule has 1 rings (SSSR count). The molecule has 0 aliphatic carbocycles. The van der Waals surface area contributed by atoms with E-state index in [1.54, 1.807) is 6.07 Å². The number of benzene rings is 1. The molecule has 3 N–H and O–H groups in total. The van der Waals surface area contributed by atoms with Crippen molar-refractivity contribution in [3.8, 4) is 5.75 Å². The van der Waals surface area contributed by atoms with Crippen molar-refractivity contribution in [2.24, 2.45) is 11.7 Å². The average molecular weight is 272 g/mol. The SMILES string of the molecule is CCOc1cc(C)c(C(O)C(N)C(C)C)cc1Cl. The van der Waals surface area contributed by atoms with Gasteiger partial charge < -0.3 is 15.6 Å². The molecule has 0 saturated heterocycles. The van der Waals surface area contributed by atoms with Crippen molar-refractivity contribution in [3.63, 3.8) is 0 Å². The van der Waals surface area contributed by atoms with Crippen LogP contribution in [0.4, 0.5) is 0 Å². The molecule has 2 atom stereocenters. The van der Waals surface area contributed by atoms with Crippen LogP contribution in [0.15, 0.2) is 12.1 Å². The Morgan fingerprint density at radius 1 is 1.39 bits per heavy atom. The van der Waals surface area contributed by atoms with Gasteiger partial charge >= 0.3 is 0 Å². The van der Waals surface area contributed by atoms with E-state index in [1.807, 2.05) is 33.8 Å². The van der Waals surface area contributed by atoms with Gasteiger partial charge in [-0.25, -0.2) is 0 Å². The summed E-state index contributed by atoms with van der Waals surface area (Å²) in [5.74, 6) is 0.843. The molecule has 0 saturated carbocycles. The number of nitrogens with two attached hydrogens (primary N) is 1. The Morgan fingerprint density at radius 2 is 2.00 bits per heavy atom. The Morgan fingerprint density at radius 3 is 2.50 bits per heavy atom. The molecule has 0 heterocycles. The Bertz CT molecular complexity index is 407. The van der Waals surface area contributed by atoms with Crippen molar-refractivity contribution in [1.29, 1.82) is 0 Å². The van der Waals surface area contributed by atoms with Crippen LogP contribution < -0.4 is 10.5 Å². The van der Waals surface area contributed by atoms with Gasteiger partial charge in [0.1, 0.15) is 5.75 Å². The molecule has 0 bridgehead atoms. The number of hydrogen-bond acceptors (Lipinski definition) is 3. The summed E-state index contributed by atoms with van der Waals surface area (Å²) in [6.07, 6.45) is -0.710. The lowest BCUT2D eigenvalue weighted by atomic mass is 9.92. The summed E-state index contributed by atoms with van der Waals surface area (Å²) in [4.78, 5) is 0. The summed E-state index contributed by atoms with van der Waals surface area (Å²) in [6.45, 7) is 8.36. The van der Waals surface area contributed by atoms with Crippen LogP contribution >= 0.6 is 11.6 Å². The second-order valence-electron chi connectivity index (χ2n) is 4.84. The number of aryl methyl sites for hydroxylation is 1. The zero-order valence-electron chi connectivity index (χ0n) is 11.4. The molecule has 0 spiro atoms. The van der Waals surface area contributed by atoms with Gasteiger partial charge in [-0.3, -0.25) is 0 Å². The van der Waals surface area contributed by atoms with Crippen molar-refractivity contribution in [2.75, 3.05) is 6.61 Å². The van der Waals surface area contributed by atoms with Gasteiger partial charge in [-0.2, -0.15) is 0 Å². The first kappa shape index (κ1) is 15.3. The molecule has 0 aliphatic heterocycles. The van der Waals surface area contributed by atoms with E-state index in [4.69, 9.17) is 22.1 Å². The topological polar surface area (TPSA) is 55.5 Å². The summed E-state index contributed by atoms with van der Waals surface area (Å²) < 4.78 is 5.42. The summed E-state index contributed by atoms with van der Waals surface area (Å²) >= 11 is 6.13. The molecule has 0 aromatic heterocycles. The van der Waals surface area contributed by atoms with Crippen molar-refractivity contribution in [2.45, 2.75) is 39.8 Å². The van der Waals surface area contributed by atoms with E-state index in [0.29, 0.717) is 17.4 Å². The Kier molecular flexibility index (Phi) is 5.45. The summed E-state index contributed by atoms with van der Waals surface area (Å²) in [7, 11) is 0. The number of hydrogen-bond donors (Lipinski definition) is 2. The first-order chi connectivity index (χ1) is 8.38. The summed E-state index contributed by atoms with van der Waals surface area (Å²) in [5.41, 5.74) is 7.69. The highest BCUT2D eigenvalue weighted by molar-refractivity contribution is 6.32. The maximum absolute atomic E-state index is 10.3. The number of halogens is 1. The zero-order chi connectivity index (χ0) is 13.9. The van der Waals surface area contributed by atoms with Gasteiger partial charge in [0.2, 0.25) is 0 Å². The van der Waals surface area contributed by atoms with E-state index in [1.165, 1.54) is 0 Å². The van der Waals surface area contributed by atoms with E-state index < -0.39 is 6.10 Å². The van der Waals surface area contributed by atoms with Crippen molar-refractivity contribution < 1.29 is 9.84 Å². The van der Waals surface area contributed by atoms with Crippen LogP contribution in [0.1, 0.15) is 38.0 Å². The third-order valence-electron chi connectivity index (χ3n) is 3.07. The lowest BCUT2D eigenvalue weighted by Gasteiger charge is -2.24. The highest BCUT2D eigenvalue weighted by Gasteiger charge is 2.22. The average Bonchev–Trinajstić information content (AvgIpc) is 2.31. The third kappa shape index (κ3) is 3.37. The number of ether oxygens (including phenoxy) is 1. The standard InChI is InChI=1S/C14H22ClNO2/c1-5-18-12-6-9(4)10(7-11(12)15)14(17)13(16)8(2)3/h6-8,13-14,17H,5,16H2,1-4H3. The molecule has 0 aliphatic rings. The van der Waals surface area contributed by atoms with E-state index in [9.17, 15) is 5.11 Å². The molecule has 0 radical (unpaired) electrons. The molecule has 18 heavy (non-hydrogen) atoms. The predicted molar refractivity (Wildman–Crippen MR) is 75.1 cm³/mol. The molecule has 4 heteroatoms. The summed E-state index contributed by atoms with van der Waals surface area (Å²) in [6, 6.07) is 3.28. The lowest BCUT2D eigenvalue weighted by molar-refractivity contribution is 0.125. The number of aliphatic hydroxyl groups is 1. The Labute approximate surface area is 114 Å². The van der Waals surface area contributed by atoms with E-state index in [2.05, 4.69) is 0 Å². The highest BCUT2D eigenvalue weighted by Crippen LogP contribution is 2.32. The second-order valence-corrected chi connectivity index (χ2v) is 5.25. The largest absolute Gasteiger partial charge is 0.492 e. The first-order valence-electron chi connectivity index (χ1n) is 6.25. The maximum Gasteiger partial charge on any atom is 0.138 e. The van der Waals surface area contributed by atoms with Crippen LogP contribution in [-0.2, 0) is 0 Å². The van der Waals surface area contributed by atoms with Crippen LogP contribution in [0.3, 0.4) is 0 Å². The third-order valence-corrected chi connectivity index (χ3v) is 3.37. The number of aliphatic hydroxyl groups excluding tert-OH is 1. The quantitative estimate of drug-likeness (QED) is 0.865. The molecular weight excluding hydrogens is 250 g/mol. The second kappa shape index (κ2) is 6.41. The lowest BCUT2D eigenvalue weighted by Crippen LogP contribution is -2.33. The Balaban J connectivity index is 3.07. The molecule has 3 nitrogen and oxygen atoms in total. The fourth-order valence-electron chi connectivity index (χ4n) is 1.83. The van der Waals surface area contributed by atoms with Gasteiger partial charge in [-0.05, 0) is 43.0 Å². The molecule has 1 aromatic carbocycles. The first-order valence-corrected chi connectivity index (χ1v) is 6.62. The van der Waals surface area contributed by atoms with Gasteiger partial charge in [-0.1, -0.05) is 25.4 Å². The molecule has 1 aromatic rings. The van der Waals surface area contributed by atoms with E-state index in [0.717, 1.165) is 11.1 Å². The van der Waals surface area contributed by atoms with E-state index in [-0.39, 0.29) is 12.0 Å². The predicted octanol–water partition coefficient (Wildman–Crippen LogP) is 3.06. The fourth-order valence-corrected chi connectivity index (χ4v) is 2.05. The van der Waals surface area contributed by atoms with Crippen LogP contribution in [0, 0.1) is 12.8 Å². The van der Waals surface area contributed by atoms with Gasteiger partial charge in [0, 0.05) is 6.04 Å². The molecule has 0 amide bonds. The molecule has 0 fully saturated rings. The fraction of sp³-hybridized carbons (Fsp3) is 0.571. The molecular formula is C14H22ClNO2. The summed E-state index contributed by atoms with van der Waals surface area (Å²) in [5, 5.41) is 10.8. The van der Waals surface area contributed by atoms with Crippen molar-refractivity contribution >= 4 is 11.6 Å². The number of rotatable bonds is 5. The van der Waals surface area contributed by atoms with Crippen LogP contribution in [0.2, 0.25) is 5.02 Å². The zero-order valence-corrected chi connectivity index (χ0v) is 12.2. The minimum Gasteiger partial charge on any atom is -0.492 e. The van der Waals surface area contributed by atoms with Gasteiger partial charge in [0.15, 0.2) is 0 Å². The van der Waals surface area contributed by atoms with Crippen LogP contribution in [0.5, 0.6) is 5.75 Å². The minimum absolute atomic E-state index is 0.199. The monoisotopic (exact) mass is 271 g/mol. The van der Waals surface area contributed by atoms with Crippen molar-refractivity contribution in [3.05, 3.63) is 28.3 Å². The van der Waals surface area contributed by atoms with Gasteiger partial charge in [0.05, 0.1) is 17.7 Å². The normalized spacial score (nSPS) is 14.7. The smallest absolute Gasteiger partial charge is 0.138 e. The molecule has 2 unspecified atom stereocenters. The molecule has 102 valence electrons. The Hall–Kier alpha value is -0.770. The highest BCUT2D eigenvalue weighted by atomic mass is 35.5. The van der Waals surface area contributed by atoms with E-state index >= 15 is 0 Å². The van der Waals surface area contributed by atoms with Crippen LogP contribution in [-0.4, -0.2) is 17.8 Å². The van der Waals surface area contributed by atoms with Gasteiger partial charge in [0.25, 0.3) is 0 Å². The maximum atomic E-state index is 10.3. The van der Waals surface area contributed by atoms with Crippen LogP contribution in [0.25, 0.3) is 0 Å². The van der Waals surface area contributed by atoms with Gasteiger partial charge in [-0.15, -0.1) is 0 Å².